The fourth-order valence-corrected chi connectivity index (χ4v) is 2.96. The number of nitrogens with zero attached hydrogens (tertiary/aromatic N) is 5. The molecule has 0 atom stereocenters. The summed E-state index contributed by atoms with van der Waals surface area (Å²) < 4.78 is 0. The normalized spacial score (nSPS) is 11.1. The van der Waals surface area contributed by atoms with Crippen LogP contribution >= 0.6 is 0 Å². The summed E-state index contributed by atoms with van der Waals surface area (Å²) in [6.07, 6.45) is 10.9. The largest absolute Gasteiger partial charge is 0.264 e. The van der Waals surface area contributed by atoms with Gasteiger partial charge in [0.25, 0.3) is 0 Å². The van der Waals surface area contributed by atoms with Gasteiger partial charge in [0, 0.05) is 58.7 Å². The second-order valence-corrected chi connectivity index (χ2v) is 5.99. The number of hydrogen-bond donors (Lipinski definition) is 0. The highest BCUT2D eigenvalue weighted by atomic mass is 14.8. The molecule has 0 aromatic carbocycles. The van der Waals surface area contributed by atoms with Crippen LogP contribution < -0.4 is 0 Å². The summed E-state index contributed by atoms with van der Waals surface area (Å²) >= 11 is 0. The molecule has 0 saturated heterocycles. The van der Waals surface area contributed by atoms with E-state index in [0.717, 1.165) is 44.3 Å². The fraction of sp³-hybridized carbons (Fsp3) is 0. The fourth-order valence-electron chi connectivity index (χ4n) is 2.96. The number of hydrogen-bond acceptors (Lipinski definition) is 5. The van der Waals surface area contributed by atoms with Crippen molar-refractivity contribution in [3.63, 3.8) is 0 Å². The molecule has 0 unspecified atom stereocenters. The molecule has 0 amide bonds. The van der Waals surface area contributed by atoms with Crippen molar-refractivity contribution < 1.29 is 0 Å². The molecule has 0 bridgehead atoms. The van der Waals surface area contributed by atoms with Crippen LogP contribution in [0.3, 0.4) is 0 Å². The Kier molecular flexibility index (Phi) is 3.35. The summed E-state index contributed by atoms with van der Waals surface area (Å²) in [6.45, 7) is 0. The molecular formula is C21H13N5. The van der Waals surface area contributed by atoms with Crippen LogP contribution in [-0.4, -0.2) is 24.9 Å². The molecule has 0 fully saturated rings. The summed E-state index contributed by atoms with van der Waals surface area (Å²) in [7, 11) is 0. The Bertz CT molecular complexity index is 1150. The van der Waals surface area contributed by atoms with Crippen LogP contribution in [0.1, 0.15) is 0 Å². The molecule has 0 aliphatic carbocycles. The van der Waals surface area contributed by atoms with Crippen molar-refractivity contribution in [1.82, 2.24) is 24.9 Å². The van der Waals surface area contributed by atoms with Gasteiger partial charge in [0.2, 0.25) is 0 Å². The Morgan fingerprint density at radius 3 is 1.58 bits per heavy atom. The highest BCUT2D eigenvalue weighted by Crippen LogP contribution is 2.24. The molecule has 0 aliphatic heterocycles. The van der Waals surface area contributed by atoms with E-state index >= 15 is 0 Å². The first kappa shape index (κ1) is 14.6. The second-order valence-electron chi connectivity index (χ2n) is 5.99. The topological polar surface area (TPSA) is 64.5 Å². The quantitative estimate of drug-likeness (QED) is 0.481. The highest BCUT2D eigenvalue weighted by molar-refractivity contribution is 5.85. The molecule has 5 nitrogen and oxygen atoms in total. The molecule has 5 aromatic heterocycles. The van der Waals surface area contributed by atoms with Gasteiger partial charge in [-0.25, -0.2) is 4.98 Å². The lowest BCUT2D eigenvalue weighted by molar-refractivity contribution is 1.23. The molecule has 0 N–H and O–H groups in total. The van der Waals surface area contributed by atoms with Gasteiger partial charge in [0.1, 0.15) is 0 Å². The van der Waals surface area contributed by atoms with E-state index < -0.39 is 0 Å². The van der Waals surface area contributed by atoms with E-state index in [-0.39, 0.29) is 0 Å². The minimum Gasteiger partial charge on any atom is -0.264 e. The average molecular weight is 335 g/mol. The molecule has 5 heterocycles. The Labute approximate surface area is 149 Å². The van der Waals surface area contributed by atoms with Crippen LogP contribution in [0.4, 0.5) is 0 Å². The van der Waals surface area contributed by atoms with E-state index in [9.17, 15) is 0 Å². The molecule has 0 saturated carbocycles. The molecule has 26 heavy (non-hydrogen) atoms. The van der Waals surface area contributed by atoms with Crippen LogP contribution in [0.15, 0.2) is 79.6 Å². The summed E-state index contributed by atoms with van der Waals surface area (Å²) in [5, 5.41) is 4.20. The van der Waals surface area contributed by atoms with E-state index in [1.165, 1.54) is 0 Å². The molecule has 5 rings (SSSR count). The van der Waals surface area contributed by atoms with Crippen molar-refractivity contribution >= 4 is 21.5 Å². The Morgan fingerprint density at radius 1 is 0.500 bits per heavy atom. The van der Waals surface area contributed by atoms with Crippen molar-refractivity contribution in [1.29, 1.82) is 0 Å². The SMILES string of the molecule is c1cc(-c2cc3cnccc3cn2)nc(-c2cc3cnccc3cn2)c1. The predicted molar refractivity (Wildman–Crippen MR) is 101 cm³/mol. The van der Waals surface area contributed by atoms with Gasteiger partial charge < -0.3 is 0 Å². The van der Waals surface area contributed by atoms with E-state index in [1.54, 1.807) is 12.4 Å². The predicted octanol–water partition coefficient (Wildman–Crippen LogP) is 4.30. The van der Waals surface area contributed by atoms with Crippen LogP contribution in [-0.2, 0) is 0 Å². The molecule has 0 aliphatic rings. The van der Waals surface area contributed by atoms with Gasteiger partial charge >= 0.3 is 0 Å². The summed E-state index contributed by atoms with van der Waals surface area (Å²) in [6, 6.07) is 13.8. The lowest BCUT2D eigenvalue weighted by Crippen LogP contribution is -1.92. The number of aromatic nitrogens is 5. The first-order valence-electron chi connectivity index (χ1n) is 8.24. The molecular weight excluding hydrogens is 322 g/mol. The highest BCUT2D eigenvalue weighted by Gasteiger charge is 2.07. The van der Waals surface area contributed by atoms with Gasteiger partial charge in [-0.3, -0.25) is 19.9 Å². The smallest absolute Gasteiger partial charge is 0.0894 e. The maximum Gasteiger partial charge on any atom is 0.0894 e. The van der Waals surface area contributed by atoms with Gasteiger partial charge in [-0.2, -0.15) is 0 Å². The van der Waals surface area contributed by atoms with Gasteiger partial charge in [0.05, 0.1) is 22.8 Å². The van der Waals surface area contributed by atoms with Gasteiger partial charge in [0.15, 0.2) is 0 Å². The van der Waals surface area contributed by atoms with Crippen LogP contribution in [0, 0.1) is 0 Å². The summed E-state index contributed by atoms with van der Waals surface area (Å²) in [4.78, 5) is 22.2. The average Bonchev–Trinajstić information content (AvgIpc) is 2.73. The molecule has 122 valence electrons. The number of rotatable bonds is 2. The minimum absolute atomic E-state index is 0.807. The summed E-state index contributed by atoms with van der Waals surface area (Å²) in [5.41, 5.74) is 3.24. The zero-order valence-electron chi connectivity index (χ0n) is 13.7. The Hall–Kier alpha value is -3.73. The van der Waals surface area contributed by atoms with Crippen LogP contribution in [0.2, 0.25) is 0 Å². The van der Waals surface area contributed by atoms with Crippen molar-refractivity contribution in [2.24, 2.45) is 0 Å². The third kappa shape index (κ3) is 2.56. The third-order valence-corrected chi connectivity index (χ3v) is 4.32. The second kappa shape index (κ2) is 5.97. The van der Waals surface area contributed by atoms with Crippen molar-refractivity contribution in [3.05, 3.63) is 79.6 Å². The van der Waals surface area contributed by atoms with Crippen molar-refractivity contribution in [2.75, 3.05) is 0 Å². The maximum absolute atomic E-state index is 4.76. The first-order chi connectivity index (χ1) is 12.9. The van der Waals surface area contributed by atoms with Crippen LogP contribution in [0.25, 0.3) is 44.3 Å². The van der Waals surface area contributed by atoms with Gasteiger partial charge in [-0.15, -0.1) is 0 Å². The third-order valence-electron chi connectivity index (χ3n) is 4.32. The van der Waals surface area contributed by atoms with Crippen molar-refractivity contribution in [3.8, 4) is 22.8 Å². The molecule has 5 heteroatoms. The molecule has 0 radical (unpaired) electrons. The lowest BCUT2D eigenvalue weighted by atomic mass is 10.1. The Balaban J connectivity index is 1.60. The van der Waals surface area contributed by atoms with Crippen molar-refractivity contribution in [2.45, 2.75) is 0 Å². The number of pyridine rings is 5. The van der Waals surface area contributed by atoms with E-state index in [0.29, 0.717) is 0 Å². The standard InChI is InChI=1S/C21H13N5/c1-2-18(20-8-16-10-22-6-4-14(16)12-24-20)26-19(3-1)21-9-17-11-23-7-5-15(17)13-25-21/h1-13H. The maximum atomic E-state index is 4.76. The van der Waals surface area contributed by atoms with E-state index in [2.05, 4.69) is 19.9 Å². The first-order valence-corrected chi connectivity index (χ1v) is 8.24. The van der Waals surface area contributed by atoms with E-state index in [4.69, 9.17) is 4.98 Å². The van der Waals surface area contributed by atoms with Gasteiger partial charge in [-0.05, 0) is 36.4 Å². The zero-order chi connectivity index (χ0) is 17.3. The number of fused-ring (bicyclic) bond motifs is 2. The van der Waals surface area contributed by atoms with Gasteiger partial charge in [-0.1, -0.05) is 6.07 Å². The minimum atomic E-state index is 0.807. The Morgan fingerprint density at radius 2 is 1.04 bits per heavy atom. The summed E-state index contributed by atoms with van der Waals surface area (Å²) in [5.74, 6) is 0. The van der Waals surface area contributed by atoms with Crippen LogP contribution in [0.5, 0.6) is 0 Å². The lowest BCUT2D eigenvalue weighted by Gasteiger charge is -2.06. The monoisotopic (exact) mass is 335 g/mol. The molecule has 0 spiro atoms. The zero-order valence-corrected chi connectivity index (χ0v) is 13.7. The molecule has 5 aromatic rings. The van der Waals surface area contributed by atoms with E-state index in [1.807, 2.05) is 67.3 Å².